The monoisotopic (exact) mass is 260 g/mol. The predicted molar refractivity (Wildman–Crippen MR) is 75.0 cm³/mol. The Hall–Kier alpha value is -1.69. The van der Waals surface area contributed by atoms with Gasteiger partial charge in [-0.3, -0.25) is 4.68 Å². The van der Waals surface area contributed by atoms with Crippen molar-refractivity contribution >= 4 is 16.9 Å². The van der Waals surface area contributed by atoms with E-state index in [1.165, 1.54) is 19.4 Å². The molecule has 3 heterocycles. The summed E-state index contributed by atoms with van der Waals surface area (Å²) in [5.41, 5.74) is 0.873. The van der Waals surface area contributed by atoms with Crippen molar-refractivity contribution in [3.05, 3.63) is 12.5 Å². The first-order chi connectivity index (χ1) is 9.24. The van der Waals surface area contributed by atoms with E-state index >= 15 is 0 Å². The smallest absolute Gasteiger partial charge is 0.163 e. The van der Waals surface area contributed by atoms with Gasteiger partial charge in [-0.25, -0.2) is 9.97 Å². The lowest BCUT2D eigenvalue weighted by molar-refractivity contribution is 0.217. The number of nitrogens with one attached hydrogen (secondary N) is 1. The second-order valence-corrected chi connectivity index (χ2v) is 5.38. The summed E-state index contributed by atoms with van der Waals surface area (Å²) in [5, 5.41) is 8.68. The Morgan fingerprint density at radius 1 is 1.37 bits per heavy atom. The third kappa shape index (κ3) is 2.53. The SMILES string of the molecule is CN1CCCC(CNc2ncnc3c2cnn3C)C1. The van der Waals surface area contributed by atoms with Crippen molar-refractivity contribution in [1.29, 1.82) is 0 Å². The van der Waals surface area contributed by atoms with Gasteiger partial charge in [-0.2, -0.15) is 5.10 Å². The summed E-state index contributed by atoms with van der Waals surface area (Å²) in [6.45, 7) is 3.34. The molecule has 0 spiro atoms. The van der Waals surface area contributed by atoms with Gasteiger partial charge in [-0.1, -0.05) is 0 Å². The van der Waals surface area contributed by atoms with Crippen LogP contribution in [0.25, 0.3) is 11.0 Å². The highest BCUT2D eigenvalue weighted by Crippen LogP contribution is 2.20. The first-order valence-electron chi connectivity index (χ1n) is 6.79. The summed E-state index contributed by atoms with van der Waals surface area (Å²) >= 11 is 0. The number of likely N-dealkylation sites (tertiary alicyclic amines) is 1. The van der Waals surface area contributed by atoms with E-state index in [9.17, 15) is 0 Å². The third-order valence-electron chi connectivity index (χ3n) is 3.81. The first-order valence-corrected chi connectivity index (χ1v) is 6.79. The average Bonchev–Trinajstić information content (AvgIpc) is 2.79. The van der Waals surface area contributed by atoms with Crippen LogP contribution in [0.15, 0.2) is 12.5 Å². The minimum Gasteiger partial charge on any atom is -0.369 e. The molecule has 0 radical (unpaired) electrons. The lowest BCUT2D eigenvalue weighted by Crippen LogP contribution is -2.35. The van der Waals surface area contributed by atoms with Crippen LogP contribution < -0.4 is 5.32 Å². The largest absolute Gasteiger partial charge is 0.369 e. The van der Waals surface area contributed by atoms with Crippen LogP contribution in [0, 0.1) is 5.92 Å². The molecule has 1 N–H and O–H groups in total. The summed E-state index contributed by atoms with van der Waals surface area (Å²) in [6, 6.07) is 0. The van der Waals surface area contributed by atoms with Gasteiger partial charge >= 0.3 is 0 Å². The molecule has 0 bridgehead atoms. The third-order valence-corrected chi connectivity index (χ3v) is 3.81. The van der Waals surface area contributed by atoms with Crippen molar-refractivity contribution in [2.24, 2.45) is 13.0 Å². The molecule has 1 unspecified atom stereocenters. The number of hydrogen-bond donors (Lipinski definition) is 1. The summed E-state index contributed by atoms with van der Waals surface area (Å²) in [5.74, 6) is 1.59. The molecule has 3 rings (SSSR count). The normalized spacial score (nSPS) is 20.8. The Morgan fingerprint density at radius 3 is 3.11 bits per heavy atom. The minimum atomic E-state index is 0.695. The van der Waals surface area contributed by atoms with Crippen molar-refractivity contribution in [3.63, 3.8) is 0 Å². The summed E-state index contributed by atoms with van der Waals surface area (Å²) < 4.78 is 1.77. The molecular weight excluding hydrogens is 240 g/mol. The van der Waals surface area contributed by atoms with Gasteiger partial charge in [0.05, 0.1) is 11.6 Å². The Morgan fingerprint density at radius 2 is 2.26 bits per heavy atom. The highest BCUT2D eigenvalue weighted by Gasteiger charge is 2.17. The molecule has 0 amide bonds. The number of nitrogens with zero attached hydrogens (tertiary/aromatic N) is 5. The van der Waals surface area contributed by atoms with E-state index in [1.54, 1.807) is 11.0 Å². The van der Waals surface area contributed by atoms with Gasteiger partial charge in [-0.15, -0.1) is 0 Å². The van der Waals surface area contributed by atoms with E-state index in [-0.39, 0.29) is 0 Å². The lowest BCUT2D eigenvalue weighted by atomic mass is 9.98. The quantitative estimate of drug-likeness (QED) is 0.896. The molecule has 0 aromatic carbocycles. The van der Waals surface area contributed by atoms with Gasteiger partial charge in [0.2, 0.25) is 0 Å². The van der Waals surface area contributed by atoms with Crippen molar-refractivity contribution in [2.45, 2.75) is 12.8 Å². The van der Waals surface area contributed by atoms with E-state index in [0.717, 1.165) is 29.9 Å². The van der Waals surface area contributed by atoms with Crippen LogP contribution in [0.1, 0.15) is 12.8 Å². The molecule has 1 aliphatic heterocycles. The maximum Gasteiger partial charge on any atom is 0.163 e. The van der Waals surface area contributed by atoms with Crippen LogP contribution in [0.5, 0.6) is 0 Å². The zero-order chi connectivity index (χ0) is 13.2. The lowest BCUT2D eigenvalue weighted by Gasteiger charge is -2.29. The van der Waals surface area contributed by atoms with Crippen LogP contribution in [-0.4, -0.2) is 51.3 Å². The topological polar surface area (TPSA) is 58.9 Å². The molecule has 1 atom stereocenters. The Labute approximate surface area is 112 Å². The molecule has 19 heavy (non-hydrogen) atoms. The number of fused-ring (bicyclic) bond motifs is 1. The maximum atomic E-state index is 4.33. The second-order valence-electron chi connectivity index (χ2n) is 5.38. The molecule has 6 nitrogen and oxygen atoms in total. The predicted octanol–water partition coefficient (Wildman–Crippen LogP) is 1.12. The number of anilines is 1. The first kappa shape index (κ1) is 12.3. The van der Waals surface area contributed by atoms with Gasteiger partial charge in [0.1, 0.15) is 12.1 Å². The van der Waals surface area contributed by atoms with Gasteiger partial charge in [0, 0.05) is 20.1 Å². The van der Waals surface area contributed by atoms with Crippen molar-refractivity contribution < 1.29 is 0 Å². The highest BCUT2D eigenvalue weighted by molar-refractivity contribution is 5.85. The number of rotatable bonds is 3. The molecule has 1 saturated heterocycles. The maximum absolute atomic E-state index is 4.33. The van der Waals surface area contributed by atoms with E-state index in [4.69, 9.17) is 0 Å². The Bertz CT molecular complexity index is 563. The molecule has 0 saturated carbocycles. The highest BCUT2D eigenvalue weighted by atomic mass is 15.3. The zero-order valence-electron chi connectivity index (χ0n) is 11.5. The molecule has 1 fully saturated rings. The summed E-state index contributed by atoms with van der Waals surface area (Å²) in [4.78, 5) is 11.0. The number of piperidine rings is 1. The fraction of sp³-hybridized carbons (Fsp3) is 0.615. The number of aryl methyl sites for hydroxylation is 1. The van der Waals surface area contributed by atoms with Crippen LogP contribution >= 0.6 is 0 Å². The van der Waals surface area contributed by atoms with E-state index in [0.29, 0.717) is 5.92 Å². The molecular formula is C13H20N6. The molecule has 6 heteroatoms. The van der Waals surface area contributed by atoms with Crippen molar-refractivity contribution in [3.8, 4) is 0 Å². The summed E-state index contributed by atoms with van der Waals surface area (Å²) in [7, 11) is 4.09. The van der Waals surface area contributed by atoms with E-state index in [1.807, 2.05) is 13.2 Å². The van der Waals surface area contributed by atoms with Gasteiger partial charge < -0.3 is 10.2 Å². The fourth-order valence-corrected chi connectivity index (χ4v) is 2.78. The van der Waals surface area contributed by atoms with Crippen molar-refractivity contribution in [1.82, 2.24) is 24.6 Å². The fourth-order valence-electron chi connectivity index (χ4n) is 2.78. The van der Waals surface area contributed by atoms with E-state index in [2.05, 4.69) is 32.3 Å². The van der Waals surface area contributed by atoms with E-state index < -0.39 is 0 Å². The Kier molecular flexibility index (Phi) is 3.33. The van der Waals surface area contributed by atoms with Gasteiger partial charge in [0.15, 0.2) is 5.65 Å². The van der Waals surface area contributed by atoms with Crippen LogP contribution in [0.3, 0.4) is 0 Å². The van der Waals surface area contributed by atoms with Gasteiger partial charge in [-0.05, 0) is 32.4 Å². The molecule has 0 aliphatic carbocycles. The number of hydrogen-bond acceptors (Lipinski definition) is 5. The van der Waals surface area contributed by atoms with Crippen LogP contribution in [0.4, 0.5) is 5.82 Å². The average molecular weight is 260 g/mol. The number of aromatic nitrogens is 4. The van der Waals surface area contributed by atoms with Gasteiger partial charge in [0.25, 0.3) is 0 Å². The second kappa shape index (κ2) is 5.13. The van der Waals surface area contributed by atoms with Crippen LogP contribution in [0.2, 0.25) is 0 Å². The Balaban J connectivity index is 1.71. The molecule has 102 valence electrons. The summed E-state index contributed by atoms with van der Waals surface area (Å²) in [6.07, 6.45) is 6.00. The molecule has 2 aromatic heterocycles. The zero-order valence-corrected chi connectivity index (χ0v) is 11.5. The molecule has 1 aliphatic rings. The van der Waals surface area contributed by atoms with Crippen LogP contribution in [-0.2, 0) is 7.05 Å². The molecule has 2 aromatic rings. The standard InChI is InChI=1S/C13H20N6/c1-18-5-3-4-10(8-18)6-14-12-11-7-17-19(2)13(11)16-9-15-12/h7,9-10H,3-6,8H2,1-2H3,(H,14,15,16). The van der Waals surface area contributed by atoms with Crippen molar-refractivity contribution in [2.75, 3.05) is 32.0 Å². The minimum absolute atomic E-state index is 0.695.